The molecule has 3 N–H and O–H groups in total. The number of carbonyl (C=O) groups excluding carboxylic acids is 1. The van der Waals surface area contributed by atoms with Gasteiger partial charge in [0.15, 0.2) is 5.96 Å². The van der Waals surface area contributed by atoms with Crippen LogP contribution in [0.5, 0.6) is 0 Å². The smallest absolute Gasteiger partial charge is 0.223 e. The Balaban J connectivity index is 1.43. The van der Waals surface area contributed by atoms with Gasteiger partial charge in [-0.2, -0.15) is 0 Å². The molecule has 0 spiro atoms. The van der Waals surface area contributed by atoms with Gasteiger partial charge in [0.1, 0.15) is 11.3 Å². The summed E-state index contributed by atoms with van der Waals surface area (Å²) in [7, 11) is 0. The number of hydrogen-bond acceptors (Lipinski definition) is 3. The van der Waals surface area contributed by atoms with Crippen LogP contribution in [0.25, 0.3) is 11.0 Å². The second kappa shape index (κ2) is 8.55. The van der Waals surface area contributed by atoms with Gasteiger partial charge in [0.05, 0.1) is 0 Å². The molecule has 1 saturated carbocycles. The molecule has 2 aromatic rings. The Bertz CT molecular complexity index is 701. The van der Waals surface area contributed by atoms with Crippen LogP contribution >= 0.6 is 0 Å². The second-order valence-electron chi connectivity index (χ2n) is 6.25. The fourth-order valence-corrected chi connectivity index (χ4v) is 2.64. The maximum Gasteiger partial charge on any atom is 0.223 e. The van der Waals surface area contributed by atoms with Crippen molar-refractivity contribution < 1.29 is 9.21 Å². The van der Waals surface area contributed by atoms with E-state index in [4.69, 9.17) is 4.42 Å². The van der Waals surface area contributed by atoms with Crippen molar-refractivity contribution in [1.82, 2.24) is 16.0 Å². The Hall–Kier alpha value is -2.50. The Morgan fingerprint density at radius 2 is 2.00 bits per heavy atom. The van der Waals surface area contributed by atoms with Crippen LogP contribution in [-0.4, -0.2) is 38.0 Å². The molecule has 1 aromatic heterocycles. The summed E-state index contributed by atoms with van der Waals surface area (Å²) >= 11 is 0. The van der Waals surface area contributed by atoms with Gasteiger partial charge in [-0.25, -0.2) is 0 Å². The zero-order valence-corrected chi connectivity index (χ0v) is 14.7. The van der Waals surface area contributed by atoms with Gasteiger partial charge in [0, 0.05) is 43.9 Å². The highest BCUT2D eigenvalue weighted by molar-refractivity contribution is 5.81. The van der Waals surface area contributed by atoms with Crippen LogP contribution in [0, 0.1) is 5.92 Å². The predicted molar refractivity (Wildman–Crippen MR) is 99.6 cm³/mol. The summed E-state index contributed by atoms with van der Waals surface area (Å²) in [6, 6.07) is 10.1. The van der Waals surface area contributed by atoms with Crippen molar-refractivity contribution in [2.24, 2.45) is 10.9 Å². The molecular weight excluding hydrogens is 316 g/mol. The van der Waals surface area contributed by atoms with Crippen LogP contribution in [0.3, 0.4) is 0 Å². The van der Waals surface area contributed by atoms with Crippen molar-refractivity contribution in [2.75, 3.05) is 26.2 Å². The topological polar surface area (TPSA) is 78.7 Å². The van der Waals surface area contributed by atoms with E-state index in [1.807, 2.05) is 31.2 Å². The highest BCUT2D eigenvalue weighted by atomic mass is 16.3. The number of amides is 1. The molecule has 1 amide bonds. The summed E-state index contributed by atoms with van der Waals surface area (Å²) < 4.78 is 5.81. The fraction of sp³-hybridized carbons (Fsp3) is 0.474. The number of rotatable bonds is 8. The molecule has 0 aliphatic heterocycles. The summed E-state index contributed by atoms with van der Waals surface area (Å²) in [6.45, 7) is 4.75. The van der Waals surface area contributed by atoms with Crippen molar-refractivity contribution in [3.63, 3.8) is 0 Å². The van der Waals surface area contributed by atoms with Crippen molar-refractivity contribution in [3.8, 4) is 0 Å². The van der Waals surface area contributed by atoms with Gasteiger partial charge in [-0.1, -0.05) is 18.2 Å². The first kappa shape index (κ1) is 17.3. The molecule has 1 fully saturated rings. The molecule has 134 valence electrons. The maximum atomic E-state index is 11.6. The van der Waals surface area contributed by atoms with Gasteiger partial charge in [0.2, 0.25) is 5.91 Å². The highest BCUT2D eigenvalue weighted by Crippen LogP contribution is 2.28. The van der Waals surface area contributed by atoms with Crippen LogP contribution in [0.2, 0.25) is 0 Å². The number of hydrogen-bond donors (Lipinski definition) is 3. The summed E-state index contributed by atoms with van der Waals surface area (Å²) in [5.41, 5.74) is 0.915. The summed E-state index contributed by atoms with van der Waals surface area (Å²) in [4.78, 5) is 16.1. The van der Waals surface area contributed by atoms with E-state index in [1.165, 1.54) is 0 Å². The number of benzene rings is 1. The lowest BCUT2D eigenvalue weighted by atomic mass is 10.2. The van der Waals surface area contributed by atoms with Gasteiger partial charge < -0.3 is 20.4 Å². The average molecular weight is 342 g/mol. The van der Waals surface area contributed by atoms with E-state index in [0.29, 0.717) is 19.6 Å². The Kier molecular flexibility index (Phi) is 5.93. The molecule has 1 aromatic carbocycles. The van der Waals surface area contributed by atoms with E-state index < -0.39 is 0 Å². The molecule has 25 heavy (non-hydrogen) atoms. The molecule has 0 atom stereocenters. The summed E-state index contributed by atoms with van der Waals surface area (Å²) in [6.07, 6.45) is 2.82. The lowest BCUT2D eigenvalue weighted by molar-refractivity contribution is -0.122. The number of nitrogens with one attached hydrogen (secondary N) is 3. The first-order valence-corrected chi connectivity index (χ1v) is 9.03. The van der Waals surface area contributed by atoms with Gasteiger partial charge in [-0.3, -0.25) is 9.79 Å². The predicted octanol–water partition coefficient (Wildman–Crippen LogP) is 2.06. The average Bonchev–Trinajstić information content (AvgIpc) is 3.38. The van der Waals surface area contributed by atoms with E-state index in [-0.39, 0.29) is 11.8 Å². The van der Waals surface area contributed by atoms with Crippen LogP contribution in [0.15, 0.2) is 39.7 Å². The van der Waals surface area contributed by atoms with E-state index in [2.05, 4.69) is 27.0 Å². The molecule has 0 bridgehead atoms. The number of aliphatic imine (C=N–C) groups is 1. The quantitative estimate of drug-likeness (QED) is 0.390. The SMILES string of the molecule is CCNC(=NCCc1cc2ccccc2o1)NCCNC(=O)C1CC1. The molecule has 0 unspecified atom stereocenters. The van der Waals surface area contributed by atoms with Crippen molar-refractivity contribution >= 4 is 22.8 Å². The number of guanidine groups is 1. The Labute approximate surface area is 148 Å². The zero-order chi connectivity index (χ0) is 17.5. The standard InChI is InChI=1S/C19H26N4O2/c1-2-20-19(23-12-11-21-18(24)14-7-8-14)22-10-9-16-13-15-5-3-4-6-17(15)25-16/h3-6,13-14H,2,7-12H2,1H3,(H,21,24)(H2,20,22,23). The number of para-hydroxylation sites is 1. The normalized spacial score (nSPS) is 14.5. The zero-order valence-electron chi connectivity index (χ0n) is 14.7. The molecule has 1 heterocycles. The third-order valence-electron chi connectivity index (χ3n) is 4.11. The minimum Gasteiger partial charge on any atom is -0.461 e. The van der Waals surface area contributed by atoms with Crippen LogP contribution in [0.1, 0.15) is 25.5 Å². The lowest BCUT2D eigenvalue weighted by Crippen LogP contribution is -2.41. The Morgan fingerprint density at radius 1 is 1.20 bits per heavy atom. The second-order valence-corrected chi connectivity index (χ2v) is 6.25. The molecule has 6 nitrogen and oxygen atoms in total. The molecule has 3 rings (SSSR count). The van der Waals surface area contributed by atoms with Crippen LogP contribution < -0.4 is 16.0 Å². The van der Waals surface area contributed by atoms with E-state index in [1.54, 1.807) is 0 Å². The van der Waals surface area contributed by atoms with Gasteiger partial charge in [-0.15, -0.1) is 0 Å². The third-order valence-corrected chi connectivity index (χ3v) is 4.11. The first-order chi connectivity index (χ1) is 12.3. The van der Waals surface area contributed by atoms with E-state index in [0.717, 1.165) is 48.5 Å². The minimum absolute atomic E-state index is 0.175. The summed E-state index contributed by atoms with van der Waals surface area (Å²) in [5, 5.41) is 10.5. The van der Waals surface area contributed by atoms with Crippen molar-refractivity contribution in [3.05, 3.63) is 36.1 Å². The molecule has 6 heteroatoms. The molecule has 1 aliphatic carbocycles. The van der Waals surface area contributed by atoms with Crippen molar-refractivity contribution in [2.45, 2.75) is 26.2 Å². The van der Waals surface area contributed by atoms with Gasteiger partial charge in [-0.05, 0) is 31.9 Å². The monoisotopic (exact) mass is 342 g/mol. The minimum atomic E-state index is 0.175. The molecular formula is C19H26N4O2. The third kappa shape index (κ3) is 5.24. The number of furan rings is 1. The molecule has 0 saturated heterocycles. The first-order valence-electron chi connectivity index (χ1n) is 9.03. The Morgan fingerprint density at radius 3 is 2.76 bits per heavy atom. The van der Waals surface area contributed by atoms with E-state index in [9.17, 15) is 4.79 Å². The molecule has 1 aliphatic rings. The largest absolute Gasteiger partial charge is 0.461 e. The van der Waals surface area contributed by atoms with Crippen LogP contribution in [-0.2, 0) is 11.2 Å². The fourth-order valence-electron chi connectivity index (χ4n) is 2.64. The maximum absolute atomic E-state index is 11.6. The van der Waals surface area contributed by atoms with Gasteiger partial charge >= 0.3 is 0 Å². The van der Waals surface area contributed by atoms with Crippen molar-refractivity contribution in [1.29, 1.82) is 0 Å². The molecule has 0 radical (unpaired) electrons. The van der Waals surface area contributed by atoms with E-state index >= 15 is 0 Å². The highest BCUT2D eigenvalue weighted by Gasteiger charge is 2.28. The van der Waals surface area contributed by atoms with Crippen LogP contribution in [0.4, 0.5) is 0 Å². The summed E-state index contributed by atoms with van der Waals surface area (Å²) in [5.74, 6) is 2.14. The number of fused-ring (bicyclic) bond motifs is 1. The van der Waals surface area contributed by atoms with Gasteiger partial charge in [0.25, 0.3) is 0 Å². The lowest BCUT2D eigenvalue weighted by Gasteiger charge is -2.11. The number of carbonyl (C=O) groups is 1. The number of nitrogens with zero attached hydrogens (tertiary/aromatic N) is 1.